The second-order valence-electron chi connectivity index (χ2n) is 2.82. The molecule has 0 aliphatic carbocycles. The molecule has 84 valence electrons. The molecule has 0 bridgehead atoms. The Bertz CT molecular complexity index is 466. The molecule has 1 rings (SSSR count). The molecule has 0 N–H and O–H groups in total. The largest absolute Gasteiger partial charge is 0.465 e. The van der Waals surface area contributed by atoms with E-state index in [0.717, 1.165) is 13.2 Å². The number of carbonyl (C=O) groups excluding carboxylic acids is 1. The number of hydrogen-bond acceptors (Lipinski definition) is 3. The zero-order valence-corrected chi connectivity index (χ0v) is 8.13. The molecule has 6 heteroatoms. The van der Waals surface area contributed by atoms with E-state index in [1.165, 1.54) is 0 Å². The van der Waals surface area contributed by atoms with Gasteiger partial charge in [-0.25, -0.2) is 18.0 Å². The van der Waals surface area contributed by atoms with Gasteiger partial charge >= 0.3 is 5.97 Å². The maximum Gasteiger partial charge on any atom is 0.338 e. The highest BCUT2D eigenvalue weighted by atomic mass is 19.3. The van der Waals surface area contributed by atoms with Gasteiger partial charge < -0.3 is 4.74 Å². The Morgan fingerprint density at radius 2 is 2.12 bits per heavy atom. The summed E-state index contributed by atoms with van der Waals surface area (Å²) in [4.78, 5) is 11.1. The highest BCUT2D eigenvalue weighted by Crippen LogP contribution is 2.27. The van der Waals surface area contributed by atoms with E-state index in [-0.39, 0.29) is 5.56 Å². The minimum Gasteiger partial charge on any atom is -0.465 e. The smallest absolute Gasteiger partial charge is 0.338 e. The molecule has 0 atom stereocenters. The lowest BCUT2D eigenvalue weighted by atomic mass is 10.0. The lowest BCUT2D eigenvalue weighted by Crippen LogP contribution is -2.09. The Balaban J connectivity index is 3.48. The average molecular weight is 229 g/mol. The standard InChI is InChI=1S/C10H6F3NO2/c1-16-10(15)6-2-5(4-14)3-7(11)8(6)9(12)13/h2-3,9H,1H3. The Morgan fingerprint density at radius 3 is 2.56 bits per heavy atom. The molecule has 1 aromatic carbocycles. The third-order valence-electron chi connectivity index (χ3n) is 1.88. The zero-order chi connectivity index (χ0) is 12.3. The third kappa shape index (κ3) is 2.14. The summed E-state index contributed by atoms with van der Waals surface area (Å²) >= 11 is 0. The summed E-state index contributed by atoms with van der Waals surface area (Å²) in [5, 5.41) is 8.51. The van der Waals surface area contributed by atoms with Gasteiger partial charge in [0, 0.05) is 0 Å². The first-order valence-electron chi connectivity index (χ1n) is 4.11. The quantitative estimate of drug-likeness (QED) is 0.731. The molecular weight excluding hydrogens is 223 g/mol. The van der Waals surface area contributed by atoms with Crippen molar-refractivity contribution in [1.29, 1.82) is 5.26 Å². The molecule has 0 aromatic heterocycles. The molecule has 0 spiro atoms. The van der Waals surface area contributed by atoms with Crippen LogP contribution in [0.15, 0.2) is 12.1 Å². The van der Waals surface area contributed by atoms with Crippen molar-refractivity contribution in [2.45, 2.75) is 6.43 Å². The van der Waals surface area contributed by atoms with Gasteiger partial charge in [0.25, 0.3) is 6.43 Å². The van der Waals surface area contributed by atoms with Crippen molar-refractivity contribution >= 4 is 5.97 Å². The lowest BCUT2D eigenvalue weighted by molar-refractivity contribution is 0.0587. The first-order valence-corrected chi connectivity index (χ1v) is 4.11. The van der Waals surface area contributed by atoms with Crippen LogP contribution in [0.3, 0.4) is 0 Å². The number of hydrogen-bond donors (Lipinski definition) is 0. The maximum atomic E-state index is 13.2. The van der Waals surface area contributed by atoms with Gasteiger partial charge in [-0.15, -0.1) is 0 Å². The molecule has 1 aromatic rings. The molecule has 16 heavy (non-hydrogen) atoms. The van der Waals surface area contributed by atoms with Crippen LogP contribution < -0.4 is 0 Å². The van der Waals surface area contributed by atoms with Crippen LogP contribution in [0, 0.1) is 17.1 Å². The van der Waals surface area contributed by atoms with Crippen LogP contribution in [-0.2, 0) is 4.74 Å². The number of esters is 1. The summed E-state index contributed by atoms with van der Waals surface area (Å²) < 4.78 is 42.4. The Kier molecular flexibility index (Phi) is 3.51. The van der Waals surface area contributed by atoms with Gasteiger partial charge in [-0.1, -0.05) is 0 Å². The van der Waals surface area contributed by atoms with E-state index < -0.39 is 29.3 Å². The Hall–Kier alpha value is -2.03. The topological polar surface area (TPSA) is 50.1 Å². The molecule has 0 aliphatic heterocycles. The summed E-state index contributed by atoms with van der Waals surface area (Å²) in [7, 11) is 0.981. The first-order chi connectivity index (χ1) is 7.51. The SMILES string of the molecule is COC(=O)c1cc(C#N)cc(F)c1C(F)F. The number of nitriles is 1. The van der Waals surface area contributed by atoms with E-state index >= 15 is 0 Å². The maximum absolute atomic E-state index is 13.2. The van der Waals surface area contributed by atoms with Crippen molar-refractivity contribution in [1.82, 2.24) is 0 Å². The number of benzene rings is 1. The number of methoxy groups -OCH3 is 1. The van der Waals surface area contributed by atoms with Gasteiger partial charge in [0.15, 0.2) is 0 Å². The van der Waals surface area contributed by atoms with Gasteiger partial charge in [-0.05, 0) is 12.1 Å². The summed E-state index contributed by atoms with van der Waals surface area (Å²) in [6.45, 7) is 0. The van der Waals surface area contributed by atoms with Crippen LogP contribution in [0.5, 0.6) is 0 Å². The van der Waals surface area contributed by atoms with Crippen molar-refractivity contribution in [3.05, 3.63) is 34.6 Å². The number of carbonyl (C=O) groups is 1. The molecular formula is C10H6F3NO2. The van der Waals surface area contributed by atoms with Crippen LogP contribution in [0.2, 0.25) is 0 Å². The molecule has 0 saturated heterocycles. The zero-order valence-electron chi connectivity index (χ0n) is 8.13. The minimum absolute atomic E-state index is 0.220. The molecule has 0 fully saturated rings. The minimum atomic E-state index is -3.15. The Labute approximate surface area is 89.1 Å². The fourth-order valence-corrected chi connectivity index (χ4v) is 1.18. The second kappa shape index (κ2) is 4.66. The number of ether oxygens (including phenoxy) is 1. The molecule has 0 saturated carbocycles. The molecule has 0 radical (unpaired) electrons. The van der Waals surface area contributed by atoms with Crippen LogP contribution >= 0.6 is 0 Å². The Morgan fingerprint density at radius 1 is 1.50 bits per heavy atom. The fraction of sp³-hybridized carbons (Fsp3) is 0.200. The van der Waals surface area contributed by atoms with E-state index in [2.05, 4.69) is 4.74 Å². The normalized spacial score (nSPS) is 10.0. The van der Waals surface area contributed by atoms with E-state index in [1.54, 1.807) is 6.07 Å². The molecule has 0 heterocycles. The van der Waals surface area contributed by atoms with Crippen molar-refractivity contribution < 1.29 is 22.7 Å². The predicted molar refractivity (Wildman–Crippen MR) is 47.4 cm³/mol. The van der Waals surface area contributed by atoms with Crippen molar-refractivity contribution in [2.75, 3.05) is 7.11 Å². The number of nitrogens with zero attached hydrogens (tertiary/aromatic N) is 1. The third-order valence-corrected chi connectivity index (χ3v) is 1.88. The number of alkyl halides is 2. The molecule has 0 amide bonds. The van der Waals surface area contributed by atoms with E-state index in [9.17, 15) is 18.0 Å². The van der Waals surface area contributed by atoms with Gasteiger partial charge in [-0.3, -0.25) is 0 Å². The van der Waals surface area contributed by atoms with E-state index in [4.69, 9.17) is 5.26 Å². The summed E-state index contributed by atoms with van der Waals surface area (Å²) in [6, 6.07) is 3.08. The molecule has 0 unspecified atom stereocenters. The van der Waals surface area contributed by atoms with Crippen LogP contribution in [0.25, 0.3) is 0 Å². The van der Waals surface area contributed by atoms with Crippen LogP contribution in [0.4, 0.5) is 13.2 Å². The summed E-state index contributed by atoms with van der Waals surface area (Å²) in [6.07, 6.45) is -3.15. The predicted octanol–water partition coefficient (Wildman–Crippen LogP) is 2.42. The molecule has 0 aliphatic rings. The molecule has 3 nitrogen and oxygen atoms in total. The highest BCUT2D eigenvalue weighted by Gasteiger charge is 2.24. The van der Waals surface area contributed by atoms with Crippen molar-refractivity contribution in [3.63, 3.8) is 0 Å². The van der Waals surface area contributed by atoms with Gasteiger partial charge in [-0.2, -0.15) is 5.26 Å². The van der Waals surface area contributed by atoms with Crippen LogP contribution in [0.1, 0.15) is 27.9 Å². The monoisotopic (exact) mass is 229 g/mol. The van der Waals surface area contributed by atoms with E-state index in [0.29, 0.717) is 6.07 Å². The van der Waals surface area contributed by atoms with Gasteiger partial charge in [0.05, 0.1) is 29.9 Å². The lowest BCUT2D eigenvalue weighted by Gasteiger charge is -2.08. The summed E-state index contributed by atoms with van der Waals surface area (Å²) in [5.74, 6) is -2.40. The van der Waals surface area contributed by atoms with E-state index in [1.807, 2.05) is 0 Å². The van der Waals surface area contributed by atoms with Crippen molar-refractivity contribution in [3.8, 4) is 6.07 Å². The van der Waals surface area contributed by atoms with Crippen LogP contribution in [-0.4, -0.2) is 13.1 Å². The fourth-order valence-electron chi connectivity index (χ4n) is 1.18. The average Bonchev–Trinajstić information content (AvgIpc) is 2.26. The first kappa shape index (κ1) is 12.0. The van der Waals surface area contributed by atoms with Crippen molar-refractivity contribution in [2.24, 2.45) is 0 Å². The summed E-state index contributed by atoms with van der Waals surface area (Å²) in [5.41, 5.74) is -1.90. The van der Waals surface area contributed by atoms with Gasteiger partial charge in [0.2, 0.25) is 0 Å². The second-order valence-corrected chi connectivity index (χ2v) is 2.82. The number of rotatable bonds is 2. The number of halogens is 3. The van der Waals surface area contributed by atoms with Gasteiger partial charge in [0.1, 0.15) is 5.82 Å². The highest BCUT2D eigenvalue weighted by molar-refractivity contribution is 5.91.